The van der Waals surface area contributed by atoms with E-state index in [2.05, 4.69) is 0 Å². The zero-order valence-electron chi connectivity index (χ0n) is 11.1. The van der Waals surface area contributed by atoms with Crippen LogP contribution in [0.25, 0.3) is 0 Å². The summed E-state index contributed by atoms with van der Waals surface area (Å²) in [6.45, 7) is 4.59. The van der Waals surface area contributed by atoms with E-state index in [1.807, 2.05) is 6.92 Å². The molecule has 0 aliphatic rings. The van der Waals surface area contributed by atoms with Crippen molar-refractivity contribution in [1.82, 2.24) is 0 Å². The summed E-state index contributed by atoms with van der Waals surface area (Å²) in [5.74, 6) is -1.76. The Kier molecular flexibility index (Phi) is 4.89. The third kappa shape index (κ3) is 3.67. The lowest BCUT2D eigenvalue weighted by atomic mass is 9.84. The number of rotatable bonds is 5. The minimum Gasteiger partial charge on any atom is -0.480 e. The fourth-order valence-corrected chi connectivity index (χ4v) is 2.24. The van der Waals surface area contributed by atoms with Gasteiger partial charge >= 0.3 is 5.97 Å². The highest BCUT2D eigenvalue weighted by Crippen LogP contribution is 2.28. The number of carboxylic acids is 1. The second kappa shape index (κ2) is 6.02. The van der Waals surface area contributed by atoms with Crippen molar-refractivity contribution in [2.24, 2.45) is 5.41 Å². The highest BCUT2D eigenvalue weighted by molar-refractivity contribution is 8.13. The molecular weight excluding hydrogens is 264 g/mol. The van der Waals surface area contributed by atoms with E-state index in [9.17, 15) is 19.5 Å². The van der Waals surface area contributed by atoms with Gasteiger partial charge in [-0.3, -0.25) is 14.4 Å². The maximum atomic E-state index is 12.3. The van der Waals surface area contributed by atoms with Gasteiger partial charge in [0.15, 0.2) is 10.9 Å². The monoisotopic (exact) mass is 280 g/mol. The Balaban J connectivity index is 3.04. The van der Waals surface area contributed by atoms with Crippen molar-refractivity contribution in [3.63, 3.8) is 0 Å². The Morgan fingerprint density at radius 2 is 1.74 bits per heavy atom. The Labute approximate surface area is 116 Å². The van der Waals surface area contributed by atoms with Crippen LogP contribution in [0, 0.1) is 12.3 Å². The largest absolute Gasteiger partial charge is 0.480 e. The normalized spacial score (nSPS) is 13.6. The predicted molar refractivity (Wildman–Crippen MR) is 74.4 cm³/mol. The number of aryl methyl sites for hydroxylation is 1. The second-order valence-corrected chi connectivity index (χ2v) is 5.76. The first-order chi connectivity index (χ1) is 8.77. The average molecular weight is 280 g/mol. The number of hydrogen-bond acceptors (Lipinski definition) is 4. The van der Waals surface area contributed by atoms with Gasteiger partial charge in [-0.15, -0.1) is 0 Å². The molecule has 0 saturated heterocycles. The van der Waals surface area contributed by atoms with Crippen molar-refractivity contribution in [3.8, 4) is 0 Å². The molecule has 0 heterocycles. The Hall–Kier alpha value is -1.62. The molecule has 0 bridgehead atoms. The third-order valence-electron chi connectivity index (χ3n) is 2.85. The van der Waals surface area contributed by atoms with E-state index in [1.54, 1.807) is 24.3 Å². The molecule has 1 N–H and O–H groups in total. The van der Waals surface area contributed by atoms with E-state index in [4.69, 9.17) is 0 Å². The number of carboxylic acid groups (broad SMARTS) is 1. The van der Waals surface area contributed by atoms with Crippen LogP contribution in [0.1, 0.15) is 29.8 Å². The molecule has 0 fully saturated rings. The number of carbonyl (C=O) groups excluding carboxylic acids is 2. The van der Waals surface area contributed by atoms with Crippen molar-refractivity contribution >= 4 is 28.6 Å². The Morgan fingerprint density at radius 1 is 1.21 bits per heavy atom. The van der Waals surface area contributed by atoms with E-state index in [0.717, 1.165) is 17.3 Å². The van der Waals surface area contributed by atoms with Gasteiger partial charge in [-0.2, -0.15) is 0 Å². The van der Waals surface area contributed by atoms with Crippen LogP contribution in [-0.4, -0.2) is 27.7 Å². The topological polar surface area (TPSA) is 71.4 Å². The first-order valence-corrected chi connectivity index (χ1v) is 6.74. The molecule has 0 aromatic heterocycles. The van der Waals surface area contributed by atoms with Gasteiger partial charge in [0, 0.05) is 18.2 Å². The maximum Gasteiger partial charge on any atom is 0.318 e. The summed E-state index contributed by atoms with van der Waals surface area (Å²) in [5, 5.41) is 9.08. The molecule has 0 amide bonds. The van der Waals surface area contributed by atoms with Gasteiger partial charge in [-0.05, 0) is 13.8 Å². The Morgan fingerprint density at radius 3 is 2.16 bits per heavy atom. The average Bonchev–Trinajstić information content (AvgIpc) is 2.35. The quantitative estimate of drug-likeness (QED) is 0.663. The van der Waals surface area contributed by atoms with Crippen LogP contribution >= 0.6 is 11.8 Å². The van der Waals surface area contributed by atoms with E-state index < -0.39 is 17.2 Å². The van der Waals surface area contributed by atoms with Crippen LogP contribution in [0.3, 0.4) is 0 Å². The molecule has 5 heteroatoms. The van der Waals surface area contributed by atoms with Gasteiger partial charge in [0.25, 0.3) is 0 Å². The SMILES string of the molecule is CC(=O)SCC(C)(C(=O)O)C(=O)c1ccc(C)cc1. The molecule has 1 unspecified atom stereocenters. The highest BCUT2D eigenvalue weighted by Gasteiger charge is 2.41. The predicted octanol–water partition coefficient (Wildman–Crippen LogP) is 2.55. The van der Waals surface area contributed by atoms with Crippen LogP contribution in [0.15, 0.2) is 24.3 Å². The molecule has 1 aromatic rings. The lowest BCUT2D eigenvalue weighted by Crippen LogP contribution is -2.39. The summed E-state index contributed by atoms with van der Waals surface area (Å²) >= 11 is 0.852. The van der Waals surface area contributed by atoms with Gasteiger partial charge in [0.2, 0.25) is 0 Å². The molecule has 102 valence electrons. The van der Waals surface area contributed by atoms with Gasteiger partial charge in [0.1, 0.15) is 5.41 Å². The second-order valence-electron chi connectivity index (χ2n) is 4.61. The number of aliphatic carboxylic acids is 1. The van der Waals surface area contributed by atoms with E-state index in [1.165, 1.54) is 13.8 Å². The molecule has 0 saturated carbocycles. The molecule has 0 radical (unpaired) electrons. The number of hydrogen-bond donors (Lipinski definition) is 1. The summed E-state index contributed by atoms with van der Waals surface area (Å²) in [4.78, 5) is 34.7. The van der Waals surface area contributed by atoms with Gasteiger partial charge in [-0.25, -0.2) is 0 Å². The highest BCUT2D eigenvalue weighted by atomic mass is 32.2. The number of ketones is 1. The van der Waals surface area contributed by atoms with Crippen LogP contribution in [0.4, 0.5) is 0 Å². The fraction of sp³-hybridized carbons (Fsp3) is 0.357. The van der Waals surface area contributed by atoms with E-state index >= 15 is 0 Å². The van der Waals surface area contributed by atoms with Crippen molar-refractivity contribution in [2.75, 3.05) is 5.75 Å². The summed E-state index contributed by atoms with van der Waals surface area (Å²) < 4.78 is 0. The van der Waals surface area contributed by atoms with Crippen molar-refractivity contribution < 1.29 is 19.5 Å². The summed E-state index contributed by atoms with van der Waals surface area (Å²) in [6, 6.07) is 6.73. The Bertz CT molecular complexity index is 507. The van der Waals surface area contributed by atoms with Crippen LogP contribution < -0.4 is 0 Å². The molecule has 0 spiro atoms. The van der Waals surface area contributed by atoms with Crippen molar-refractivity contribution in [2.45, 2.75) is 20.8 Å². The lowest BCUT2D eigenvalue weighted by Gasteiger charge is -2.22. The van der Waals surface area contributed by atoms with Crippen LogP contribution in [0.5, 0.6) is 0 Å². The van der Waals surface area contributed by atoms with Gasteiger partial charge in [0.05, 0.1) is 0 Å². The van der Waals surface area contributed by atoms with E-state index in [-0.39, 0.29) is 10.9 Å². The van der Waals surface area contributed by atoms with Crippen LogP contribution in [-0.2, 0) is 9.59 Å². The number of carbonyl (C=O) groups is 3. The first-order valence-electron chi connectivity index (χ1n) is 5.75. The molecule has 1 atom stereocenters. The minimum atomic E-state index is -1.59. The van der Waals surface area contributed by atoms with Crippen molar-refractivity contribution in [3.05, 3.63) is 35.4 Å². The molecule has 1 aromatic carbocycles. The zero-order valence-corrected chi connectivity index (χ0v) is 11.9. The van der Waals surface area contributed by atoms with E-state index in [0.29, 0.717) is 5.56 Å². The molecule has 0 aliphatic heterocycles. The molecular formula is C14H16O4S. The maximum absolute atomic E-state index is 12.3. The first kappa shape index (κ1) is 15.4. The number of benzene rings is 1. The minimum absolute atomic E-state index is 0.0651. The standard InChI is InChI=1S/C14H16O4S/c1-9-4-6-11(7-5-9)12(16)14(3,13(17)18)8-19-10(2)15/h4-7H,8H2,1-3H3,(H,17,18). The summed E-state index contributed by atoms with van der Waals surface area (Å²) in [5.41, 5.74) is -0.252. The van der Waals surface area contributed by atoms with Crippen LogP contribution in [0.2, 0.25) is 0 Å². The van der Waals surface area contributed by atoms with Crippen molar-refractivity contribution in [1.29, 1.82) is 0 Å². The molecule has 1 rings (SSSR count). The molecule has 0 aliphatic carbocycles. The summed E-state index contributed by atoms with van der Waals surface area (Å²) in [7, 11) is 0. The number of thioether (sulfide) groups is 1. The zero-order chi connectivity index (χ0) is 14.6. The van der Waals surface area contributed by atoms with Gasteiger partial charge in [-0.1, -0.05) is 41.6 Å². The van der Waals surface area contributed by atoms with Gasteiger partial charge < -0.3 is 5.11 Å². The smallest absolute Gasteiger partial charge is 0.318 e. The number of Topliss-reactive ketones (excluding diaryl/α,β-unsaturated/α-hetero) is 1. The third-order valence-corrected chi connectivity index (χ3v) is 3.98. The molecule has 4 nitrogen and oxygen atoms in total. The summed E-state index contributed by atoms with van der Waals surface area (Å²) in [6.07, 6.45) is 0. The lowest BCUT2D eigenvalue weighted by molar-refractivity contribution is -0.143. The molecule has 19 heavy (non-hydrogen) atoms. The fourth-order valence-electron chi connectivity index (χ4n) is 1.49.